The number of rotatable bonds is 5. The predicted molar refractivity (Wildman–Crippen MR) is 66.9 cm³/mol. The Morgan fingerprint density at radius 2 is 2.39 bits per heavy atom. The lowest BCUT2D eigenvalue weighted by molar-refractivity contribution is -0.133. The minimum Gasteiger partial charge on any atom is -0.481 e. The van der Waals surface area contributed by atoms with Crippen molar-refractivity contribution >= 4 is 17.7 Å². The molecule has 1 fully saturated rings. The summed E-state index contributed by atoms with van der Waals surface area (Å²) in [6, 6.07) is 0.215. The molecule has 0 aliphatic carbocycles. The van der Waals surface area contributed by atoms with E-state index in [9.17, 15) is 4.79 Å². The minimum absolute atomic E-state index is 0.00597. The third-order valence-electron chi connectivity index (χ3n) is 2.83. The van der Waals surface area contributed by atoms with E-state index in [0.717, 1.165) is 18.9 Å². The van der Waals surface area contributed by atoms with Crippen molar-refractivity contribution in [3.8, 4) is 0 Å². The fraction of sp³-hybridized carbons (Fsp3) is 0.727. The van der Waals surface area contributed by atoms with Crippen molar-refractivity contribution in [2.24, 2.45) is 0 Å². The molecule has 0 bridgehead atoms. The summed E-state index contributed by atoms with van der Waals surface area (Å²) in [6.45, 7) is 5.53. The summed E-state index contributed by atoms with van der Waals surface area (Å²) >= 11 is 1.21. The van der Waals surface area contributed by atoms with Crippen LogP contribution in [0.3, 0.4) is 0 Å². The Bertz CT molecular complexity index is 427. The molecule has 1 aromatic rings. The van der Waals surface area contributed by atoms with E-state index < -0.39 is 5.97 Å². The van der Waals surface area contributed by atoms with Gasteiger partial charge in [-0.1, -0.05) is 11.8 Å². The molecular weight excluding hydrogens is 254 g/mol. The first-order chi connectivity index (χ1) is 8.59. The Kier molecular flexibility index (Phi) is 4.23. The maximum absolute atomic E-state index is 10.6. The number of nitrogens with zero attached hydrogens (tertiary/aromatic N) is 3. The van der Waals surface area contributed by atoms with E-state index in [1.165, 1.54) is 11.8 Å². The van der Waals surface area contributed by atoms with Gasteiger partial charge in [0, 0.05) is 18.6 Å². The second-order valence-corrected chi connectivity index (χ2v) is 5.49. The van der Waals surface area contributed by atoms with Crippen LogP contribution in [0, 0.1) is 0 Å². The van der Waals surface area contributed by atoms with Crippen molar-refractivity contribution in [3.05, 3.63) is 5.82 Å². The number of hydrogen-bond acceptors (Lipinski definition) is 5. The molecule has 7 heteroatoms. The first-order valence-electron chi connectivity index (χ1n) is 5.96. The smallest absolute Gasteiger partial charge is 0.313 e. The fourth-order valence-electron chi connectivity index (χ4n) is 2.01. The van der Waals surface area contributed by atoms with Gasteiger partial charge in [0.25, 0.3) is 0 Å². The summed E-state index contributed by atoms with van der Waals surface area (Å²) in [7, 11) is 0. The number of hydrogen-bond donors (Lipinski definition) is 1. The van der Waals surface area contributed by atoms with Crippen molar-refractivity contribution in [2.75, 3.05) is 19.0 Å². The molecule has 100 valence electrons. The molecule has 2 rings (SSSR count). The molecule has 1 aliphatic rings. The van der Waals surface area contributed by atoms with Crippen LogP contribution in [0.1, 0.15) is 38.1 Å². The highest BCUT2D eigenvalue weighted by Crippen LogP contribution is 2.29. The van der Waals surface area contributed by atoms with Crippen LogP contribution in [-0.4, -0.2) is 44.8 Å². The van der Waals surface area contributed by atoms with Crippen molar-refractivity contribution in [1.29, 1.82) is 0 Å². The van der Waals surface area contributed by atoms with Crippen LogP contribution in [0.2, 0.25) is 0 Å². The van der Waals surface area contributed by atoms with E-state index in [0.29, 0.717) is 11.8 Å². The lowest BCUT2D eigenvalue weighted by Gasteiger charge is -2.15. The largest absolute Gasteiger partial charge is 0.481 e. The van der Waals surface area contributed by atoms with E-state index >= 15 is 0 Å². The molecule has 0 amide bonds. The van der Waals surface area contributed by atoms with Crippen LogP contribution in [-0.2, 0) is 9.53 Å². The molecule has 0 saturated carbocycles. The van der Waals surface area contributed by atoms with Crippen LogP contribution in [0.25, 0.3) is 0 Å². The van der Waals surface area contributed by atoms with Crippen molar-refractivity contribution in [3.63, 3.8) is 0 Å². The maximum Gasteiger partial charge on any atom is 0.313 e. The molecule has 1 unspecified atom stereocenters. The van der Waals surface area contributed by atoms with E-state index in [1.54, 1.807) is 0 Å². The number of aliphatic carboxylic acids is 1. The number of carboxylic acid groups (broad SMARTS) is 1. The SMILES string of the molecule is CC(C)n1c(SCC(=O)O)nnc1C1CCOC1. The number of carbonyl (C=O) groups is 1. The van der Waals surface area contributed by atoms with E-state index in [1.807, 2.05) is 18.4 Å². The van der Waals surface area contributed by atoms with Gasteiger partial charge < -0.3 is 14.4 Å². The molecule has 6 nitrogen and oxygen atoms in total. The molecule has 1 aromatic heterocycles. The third kappa shape index (κ3) is 2.84. The standard InChI is InChI=1S/C11H17N3O3S/c1-7(2)14-10(8-3-4-17-5-8)12-13-11(14)18-6-9(15)16/h7-8H,3-6H2,1-2H3,(H,15,16). The monoisotopic (exact) mass is 271 g/mol. The molecule has 18 heavy (non-hydrogen) atoms. The van der Waals surface area contributed by atoms with Crippen molar-refractivity contribution in [1.82, 2.24) is 14.8 Å². The first-order valence-corrected chi connectivity index (χ1v) is 6.95. The average molecular weight is 271 g/mol. The molecule has 0 radical (unpaired) electrons. The molecule has 1 saturated heterocycles. The van der Waals surface area contributed by atoms with Gasteiger partial charge in [-0.15, -0.1) is 10.2 Å². The summed E-state index contributed by atoms with van der Waals surface area (Å²) in [5.41, 5.74) is 0. The average Bonchev–Trinajstić information content (AvgIpc) is 2.94. The summed E-state index contributed by atoms with van der Waals surface area (Å²) in [5, 5.41) is 17.7. The Morgan fingerprint density at radius 1 is 1.61 bits per heavy atom. The van der Waals surface area contributed by atoms with Gasteiger partial charge in [0.2, 0.25) is 0 Å². The van der Waals surface area contributed by atoms with Crippen LogP contribution < -0.4 is 0 Å². The quantitative estimate of drug-likeness (QED) is 0.819. The highest BCUT2D eigenvalue weighted by molar-refractivity contribution is 7.99. The van der Waals surface area contributed by atoms with E-state index in [-0.39, 0.29) is 17.7 Å². The third-order valence-corrected chi connectivity index (χ3v) is 3.75. The number of ether oxygens (including phenoxy) is 1. The lowest BCUT2D eigenvalue weighted by atomic mass is 10.1. The maximum atomic E-state index is 10.6. The number of thioether (sulfide) groups is 1. The van der Waals surface area contributed by atoms with Gasteiger partial charge in [-0.3, -0.25) is 4.79 Å². The summed E-state index contributed by atoms with van der Waals surface area (Å²) in [5.74, 6) is 0.352. The zero-order valence-electron chi connectivity index (χ0n) is 10.5. The van der Waals surface area contributed by atoms with E-state index in [4.69, 9.17) is 9.84 Å². The Morgan fingerprint density at radius 3 is 2.94 bits per heavy atom. The Balaban J connectivity index is 2.22. The fourth-order valence-corrected chi connectivity index (χ4v) is 2.81. The minimum atomic E-state index is -0.843. The van der Waals surface area contributed by atoms with Crippen LogP contribution >= 0.6 is 11.8 Å². The second-order valence-electron chi connectivity index (χ2n) is 4.55. The molecule has 1 N–H and O–H groups in total. The van der Waals surface area contributed by atoms with Gasteiger partial charge in [0.1, 0.15) is 5.82 Å². The van der Waals surface area contributed by atoms with Gasteiger partial charge in [-0.2, -0.15) is 0 Å². The summed E-state index contributed by atoms with van der Waals surface area (Å²) in [6.07, 6.45) is 0.953. The zero-order valence-corrected chi connectivity index (χ0v) is 11.3. The van der Waals surface area contributed by atoms with E-state index in [2.05, 4.69) is 10.2 Å². The van der Waals surface area contributed by atoms with Crippen LogP contribution in [0.5, 0.6) is 0 Å². The molecule has 1 atom stereocenters. The van der Waals surface area contributed by atoms with Crippen molar-refractivity contribution < 1.29 is 14.6 Å². The highest BCUT2D eigenvalue weighted by Gasteiger charge is 2.26. The molecule has 1 aliphatic heterocycles. The van der Waals surface area contributed by atoms with Gasteiger partial charge in [-0.25, -0.2) is 0 Å². The van der Waals surface area contributed by atoms with Gasteiger partial charge in [0.15, 0.2) is 5.16 Å². The normalized spacial score (nSPS) is 19.6. The molecule has 0 spiro atoms. The summed E-state index contributed by atoms with van der Waals surface area (Å²) in [4.78, 5) is 10.6. The topological polar surface area (TPSA) is 77.2 Å². The highest BCUT2D eigenvalue weighted by atomic mass is 32.2. The van der Waals surface area contributed by atoms with Crippen LogP contribution in [0.15, 0.2) is 5.16 Å². The van der Waals surface area contributed by atoms with Crippen molar-refractivity contribution in [2.45, 2.75) is 37.4 Å². The van der Waals surface area contributed by atoms with Crippen LogP contribution in [0.4, 0.5) is 0 Å². The predicted octanol–water partition coefficient (Wildman–Crippen LogP) is 1.54. The number of carboxylic acids is 1. The Labute approximate surface area is 110 Å². The van der Waals surface area contributed by atoms with Gasteiger partial charge in [-0.05, 0) is 20.3 Å². The second kappa shape index (κ2) is 5.71. The first kappa shape index (κ1) is 13.4. The Hall–Kier alpha value is -1.08. The summed E-state index contributed by atoms with van der Waals surface area (Å²) < 4.78 is 7.39. The number of aromatic nitrogens is 3. The van der Waals surface area contributed by atoms with Gasteiger partial charge in [0.05, 0.1) is 12.4 Å². The molecule has 2 heterocycles. The molecule has 0 aromatic carbocycles. The lowest BCUT2D eigenvalue weighted by Crippen LogP contribution is -2.12. The van der Waals surface area contributed by atoms with Gasteiger partial charge >= 0.3 is 5.97 Å². The zero-order chi connectivity index (χ0) is 13.1. The molecular formula is C11H17N3O3S.